The van der Waals surface area contributed by atoms with Crippen molar-refractivity contribution in [2.75, 3.05) is 18.5 Å². The zero-order valence-electron chi connectivity index (χ0n) is 11.0. The summed E-state index contributed by atoms with van der Waals surface area (Å²) in [4.78, 5) is 5.82. The Kier molecular flexibility index (Phi) is 4.73. The molecular formula is C12H16F3N3S. The monoisotopic (exact) mass is 291 g/mol. The number of halogens is 3. The molecule has 0 saturated carbocycles. The van der Waals surface area contributed by atoms with Crippen LogP contribution in [0.1, 0.15) is 23.2 Å². The maximum Gasteiger partial charge on any atom is 0.390 e. The van der Waals surface area contributed by atoms with E-state index in [0.717, 1.165) is 5.56 Å². The van der Waals surface area contributed by atoms with E-state index in [9.17, 15) is 13.2 Å². The topological polar surface area (TPSA) is 42.1 Å². The molecule has 2 N–H and O–H groups in total. The predicted molar refractivity (Wildman–Crippen MR) is 73.5 cm³/mol. The number of hydrogen-bond donors (Lipinski definition) is 1. The van der Waals surface area contributed by atoms with Gasteiger partial charge >= 0.3 is 6.18 Å². The summed E-state index contributed by atoms with van der Waals surface area (Å²) in [6.45, 7) is 3.40. The minimum Gasteiger partial charge on any atom is -0.389 e. The standard InChI is InChI=1S/C12H16F3N3S/c1-7-6-8(2)17-11(9(7)10(16)19)18(3)5-4-12(13,14)15/h6H,4-5H2,1-3H3,(H2,16,19). The molecule has 7 heteroatoms. The number of nitrogens with two attached hydrogens (primary N) is 1. The molecule has 0 aromatic carbocycles. The Bertz CT molecular complexity index is 486. The van der Waals surface area contributed by atoms with Crippen molar-refractivity contribution in [3.8, 4) is 0 Å². The Labute approximate surface area is 115 Å². The number of hydrogen-bond acceptors (Lipinski definition) is 3. The van der Waals surface area contributed by atoms with Gasteiger partial charge in [-0.2, -0.15) is 13.2 Å². The molecule has 0 spiro atoms. The Hall–Kier alpha value is -1.37. The average molecular weight is 291 g/mol. The van der Waals surface area contributed by atoms with Crippen LogP contribution >= 0.6 is 12.2 Å². The molecule has 0 amide bonds. The summed E-state index contributed by atoms with van der Waals surface area (Å²) in [5, 5.41) is 0. The quantitative estimate of drug-likeness (QED) is 0.866. The molecule has 0 aliphatic rings. The van der Waals surface area contributed by atoms with Gasteiger partial charge in [0.05, 0.1) is 12.0 Å². The number of nitrogens with zero attached hydrogens (tertiary/aromatic N) is 2. The third kappa shape index (κ3) is 4.34. The van der Waals surface area contributed by atoms with Crippen molar-refractivity contribution in [1.29, 1.82) is 0 Å². The van der Waals surface area contributed by atoms with E-state index in [1.54, 1.807) is 20.0 Å². The number of pyridine rings is 1. The molecule has 19 heavy (non-hydrogen) atoms. The van der Waals surface area contributed by atoms with Crippen molar-refractivity contribution >= 4 is 23.0 Å². The van der Waals surface area contributed by atoms with E-state index in [1.807, 2.05) is 6.92 Å². The van der Waals surface area contributed by atoms with Crippen LogP contribution < -0.4 is 10.6 Å². The highest BCUT2D eigenvalue weighted by Crippen LogP contribution is 2.25. The lowest BCUT2D eigenvalue weighted by Crippen LogP contribution is -2.28. The number of thiocarbonyl (C=S) groups is 1. The van der Waals surface area contributed by atoms with E-state index in [0.29, 0.717) is 17.1 Å². The fourth-order valence-corrected chi connectivity index (χ4v) is 2.05. The van der Waals surface area contributed by atoms with Gasteiger partial charge in [-0.1, -0.05) is 12.2 Å². The molecule has 1 rings (SSSR count). The van der Waals surface area contributed by atoms with Gasteiger partial charge in [0.25, 0.3) is 0 Å². The zero-order chi connectivity index (χ0) is 14.8. The van der Waals surface area contributed by atoms with Gasteiger partial charge in [-0.25, -0.2) is 4.98 Å². The largest absolute Gasteiger partial charge is 0.390 e. The summed E-state index contributed by atoms with van der Waals surface area (Å²) in [6.07, 6.45) is -5.11. The molecule has 1 aromatic rings. The average Bonchev–Trinajstić information content (AvgIpc) is 2.22. The van der Waals surface area contributed by atoms with Gasteiger partial charge in [0, 0.05) is 19.3 Å². The van der Waals surface area contributed by atoms with Crippen LogP contribution in [0.25, 0.3) is 0 Å². The Morgan fingerprint density at radius 2 is 2.00 bits per heavy atom. The summed E-state index contributed by atoms with van der Waals surface area (Å²) in [5.74, 6) is 0.397. The fraction of sp³-hybridized carbons (Fsp3) is 0.500. The first-order valence-electron chi connectivity index (χ1n) is 5.67. The lowest BCUT2D eigenvalue weighted by molar-refractivity contribution is -0.132. The zero-order valence-corrected chi connectivity index (χ0v) is 11.8. The van der Waals surface area contributed by atoms with Crippen LogP contribution in [0.2, 0.25) is 0 Å². The second kappa shape index (κ2) is 5.73. The molecule has 0 aliphatic heterocycles. The number of aryl methyl sites for hydroxylation is 2. The molecule has 0 fully saturated rings. The van der Waals surface area contributed by atoms with E-state index >= 15 is 0 Å². The SMILES string of the molecule is Cc1cc(C)c(C(N)=S)c(N(C)CCC(F)(F)F)n1. The van der Waals surface area contributed by atoms with Gasteiger partial charge in [0.1, 0.15) is 10.8 Å². The molecule has 1 heterocycles. The van der Waals surface area contributed by atoms with E-state index < -0.39 is 12.6 Å². The first kappa shape index (κ1) is 15.7. The maximum absolute atomic E-state index is 12.3. The van der Waals surface area contributed by atoms with Crippen molar-refractivity contribution in [2.24, 2.45) is 5.73 Å². The van der Waals surface area contributed by atoms with Crippen LogP contribution in [0, 0.1) is 13.8 Å². The second-order valence-corrected chi connectivity index (χ2v) is 4.87. The van der Waals surface area contributed by atoms with Gasteiger partial charge in [0.15, 0.2) is 0 Å². The van der Waals surface area contributed by atoms with Crippen LogP contribution in [0.3, 0.4) is 0 Å². The second-order valence-electron chi connectivity index (χ2n) is 4.43. The molecule has 106 valence electrons. The molecular weight excluding hydrogens is 275 g/mol. The van der Waals surface area contributed by atoms with E-state index in [2.05, 4.69) is 4.98 Å². The van der Waals surface area contributed by atoms with Crippen LogP contribution in [-0.4, -0.2) is 29.7 Å². The summed E-state index contributed by atoms with van der Waals surface area (Å²) >= 11 is 4.95. The lowest BCUT2D eigenvalue weighted by atomic mass is 10.1. The molecule has 1 aromatic heterocycles. The Balaban J connectivity index is 3.08. The summed E-state index contributed by atoms with van der Waals surface area (Å²) in [6, 6.07) is 1.80. The first-order valence-corrected chi connectivity index (χ1v) is 6.08. The highest BCUT2D eigenvalue weighted by Gasteiger charge is 2.28. The smallest absolute Gasteiger partial charge is 0.389 e. The minimum absolute atomic E-state index is 0.138. The van der Waals surface area contributed by atoms with Gasteiger partial charge in [-0.3, -0.25) is 0 Å². The summed E-state index contributed by atoms with van der Waals surface area (Å²) < 4.78 is 36.8. The third-order valence-corrected chi connectivity index (χ3v) is 2.87. The molecule has 0 bridgehead atoms. The van der Waals surface area contributed by atoms with Gasteiger partial charge in [-0.05, 0) is 25.5 Å². The minimum atomic E-state index is -4.20. The third-order valence-electron chi connectivity index (χ3n) is 2.66. The van der Waals surface area contributed by atoms with Crippen molar-refractivity contribution in [1.82, 2.24) is 4.98 Å². The van der Waals surface area contributed by atoms with Crippen LogP contribution in [-0.2, 0) is 0 Å². The van der Waals surface area contributed by atoms with Crippen molar-refractivity contribution in [2.45, 2.75) is 26.4 Å². The fourth-order valence-electron chi connectivity index (χ4n) is 1.80. The normalized spacial score (nSPS) is 11.5. The van der Waals surface area contributed by atoms with Gasteiger partial charge < -0.3 is 10.6 Å². The summed E-state index contributed by atoms with van der Waals surface area (Å²) in [5.41, 5.74) is 7.69. The van der Waals surface area contributed by atoms with E-state index in [1.165, 1.54) is 4.90 Å². The van der Waals surface area contributed by atoms with Crippen LogP contribution in [0.4, 0.5) is 19.0 Å². The predicted octanol–water partition coefficient (Wildman–Crippen LogP) is 2.72. The number of rotatable bonds is 4. The molecule has 0 atom stereocenters. The first-order chi connectivity index (χ1) is 8.61. The molecule has 0 saturated heterocycles. The number of anilines is 1. The van der Waals surface area contributed by atoms with Crippen molar-refractivity contribution in [3.63, 3.8) is 0 Å². The van der Waals surface area contributed by atoms with Crippen molar-refractivity contribution < 1.29 is 13.2 Å². The highest BCUT2D eigenvalue weighted by molar-refractivity contribution is 7.80. The van der Waals surface area contributed by atoms with Crippen LogP contribution in [0.5, 0.6) is 0 Å². The highest BCUT2D eigenvalue weighted by atomic mass is 32.1. The Morgan fingerprint density at radius 1 is 1.42 bits per heavy atom. The number of alkyl halides is 3. The van der Waals surface area contributed by atoms with E-state index in [4.69, 9.17) is 18.0 Å². The molecule has 3 nitrogen and oxygen atoms in total. The molecule has 0 unspecified atom stereocenters. The lowest BCUT2D eigenvalue weighted by Gasteiger charge is -2.23. The Morgan fingerprint density at radius 3 is 2.47 bits per heavy atom. The molecule has 0 aliphatic carbocycles. The van der Waals surface area contributed by atoms with Crippen molar-refractivity contribution in [3.05, 3.63) is 22.9 Å². The molecule has 0 radical (unpaired) electrons. The number of aromatic nitrogens is 1. The van der Waals surface area contributed by atoms with Gasteiger partial charge in [0.2, 0.25) is 0 Å². The van der Waals surface area contributed by atoms with Crippen LogP contribution in [0.15, 0.2) is 6.07 Å². The maximum atomic E-state index is 12.3. The van der Waals surface area contributed by atoms with E-state index in [-0.39, 0.29) is 11.5 Å². The summed E-state index contributed by atoms with van der Waals surface area (Å²) in [7, 11) is 1.55. The van der Waals surface area contributed by atoms with Gasteiger partial charge in [-0.15, -0.1) is 0 Å².